The highest BCUT2D eigenvalue weighted by molar-refractivity contribution is 6.08. The minimum Gasteiger partial charge on any atom is -0.381 e. The van der Waals surface area contributed by atoms with Crippen molar-refractivity contribution in [2.24, 2.45) is 28.0 Å². The molecule has 2 spiro atoms. The predicted octanol–water partition coefficient (Wildman–Crippen LogP) is 3.05. The summed E-state index contributed by atoms with van der Waals surface area (Å²) < 4.78 is 26.8. The van der Waals surface area contributed by atoms with Gasteiger partial charge in [0.05, 0.1) is 24.3 Å². The molecule has 3 unspecified atom stereocenters. The Hall–Kier alpha value is -2.50. The van der Waals surface area contributed by atoms with E-state index in [1.54, 1.807) is 19.2 Å². The number of rotatable bonds is 3. The van der Waals surface area contributed by atoms with Crippen LogP contribution in [-0.2, 0) is 26.2 Å². The fourth-order valence-electron chi connectivity index (χ4n) is 7.36. The number of aliphatic imine (C=N–C) groups is 1. The van der Waals surface area contributed by atoms with E-state index in [9.17, 15) is 10.1 Å². The number of carbonyl (C=O) groups is 1. The predicted molar refractivity (Wildman–Crippen MR) is 125 cm³/mol. The summed E-state index contributed by atoms with van der Waals surface area (Å²) in [6.07, 6.45) is 2.67. The second-order valence-corrected chi connectivity index (χ2v) is 10.8. The molecule has 8 heteroatoms. The molecule has 2 aliphatic heterocycles. The van der Waals surface area contributed by atoms with E-state index >= 15 is 4.39 Å². The molecule has 2 N–H and O–H groups in total. The molecule has 0 bridgehead atoms. The van der Waals surface area contributed by atoms with Gasteiger partial charge in [0, 0.05) is 38.6 Å². The molecule has 5 rings (SSSR count). The number of nitrogens with zero attached hydrogens (tertiary/aromatic N) is 3. The van der Waals surface area contributed by atoms with E-state index in [1.807, 2.05) is 6.07 Å². The summed E-state index contributed by atoms with van der Waals surface area (Å²) >= 11 is 0. The lowest BCUT2D eigenvalue weighted by Crippen LogP contribution is -2.57. The van der Waals surface area contributed by atoms with Crippen molar-refractivity contribution in [2.45, 2.75) is 63.3 Å². The quantitative estimate of drug-likeness (QED) is 0.735. The van der Waals surface area contributed by atoms with E-state index in [4.69, 9.17) is 20.2 Å². The second kappa shape index (κ2) is 8.03. The molecule has 1 saturated carbocycles. The summed E-state index contributed by atoms with van der Waals surface area (Å²) in [5, 5.41) is 9.59. The van der Waals surface area contributed by atoms with Crippen LogP contribution in [0.1, 0.15) is 56.2 Å². The lowest BCUT2D eigenvalue weighted by Gasteiger charge is -2.50. The van der Waals surface area contributed by atoms with Gasteiger partial charge >= 0.3 is 0 Å². The third-order valence-corrected chi connectivity index (χ3v) is 8.69. The van der Waals surface area contributed by atoms with E-state index in [1.165, 1.54) is 4.90 Å². The van der Waals surface area contributed by atoms with Gasteiger partial charge in [0.1, 0.15) is 5.67 Å². The molecule has 5 atom stereocenters. The maximum atomic E-state index is 15.7. The topological polar surface area (TPSA) is 101 Å². The minimum absolute atomic E-state index is 0.0669. The maximum absolute atomic E-state index is 15.7. The van der Waals surface area contributed by atoms with Crippen molar-refractivity contribution in [3.05, 3.63) is 34.9 Å². The van der Waals surface area contributed by atoms with Crippen LogP contribution in [-0.4, -0.2) is 55.4 Å². The molecule has 0 aromatic heterocycles. The largest absolute Gasteiger partial charge is 0.381 e. The highest BCUT2D eigenvalue weighted by atomic mass is 19.1. The van der Waals surface area contributed by atoms with Crippen LogP contribution in [0.5, 0.6) is 0 Å². The Balaban J connectivity index is 1.62. The van der Waals surface area contributed by atoms with Gasteiger partial charge in [-0.25, -0.2) is 9.38 Å². The number of carbonyl (C=O) groups excluding carboxylic acids is 1. The Morgan fingerprint density at radius 1 is 1.29 bits per heavy atom. The first-order valence-corrected chi connectivity index (χ1v) is 12.2. The lowest BCUT2D eigenvalue weighted by molar-refractivity contribution is -0.144. The molecule has 7 nitrogen and oxygen atoms in total. The van der Waals surface area contributed by atoms with Gasteiger partial charge in [-0.15, -0.1) is 0 Å². The molecular weight excluding hydrogens is 435 g/mol. The number of methoxy groups -OCH3 is 1. The number of hydrogen-bond donors (Lipinski definition) is 1. The SMILES string of the molecule is COC1[C@H](C)CC2(Cc3ccc(C#N)cc3C23N=C(N)N(CC2(F)CCOCC2)C3=O)C[C@@H]1C. The van der Waals surface area contributed by atoms with E-state index < -0.39 is 16.6 Å². The van der Waals surface area contributed by atoms with Crippen LogP contribution in [0.15, 0.2) is 23.2 Å². The summed E-state index contributed by atoms with van der Waals surface area (Å²) in [6, 6.07) is 7.73. The smallest absolute Gasteiger partial charge is 0.262 e. The monoisotopic (exact) mass is 468 g/mol. The van der Waals surface area contributed by atoms with Crippen molar-refractivity contribution in [1.82, 2.24) is 4.90 Å². The van der Waals surface area contributed by atoms with Crippen LogP contribution >= 0.6 is 0 Å². The van der Waals surface area contributed by atoms with Crippen molar-refractivity contribution >= 4 is 11.9 Å². The Morgan fingerprint density at radius 2 is 1.97 bits per heavy atom. The van der Waals surface area contributed by atoms with Crippen LogP contribution in [0.4, 0.5) is 4.39 Å². The standard InChI is InChI=1S/C26H33FN4O3/c1-16-11-24(12-17(2)21(16)33-3)13-19-5-4-18(14-28)10-20(19)26(24)22(32)31(23(29)30-26)15-25(27)6-8-34-9-7-25/h4-5,10,16-17,21H,6-9,11-13,15H2,1-3H3,(H2,29,30)/t16-,17+,21?,24?,26?. The number of ether oxygens (including phenoxy) is 2. The second-order valence-electron chi connectivity index (χ2n) is 10.8. The van der Waals surface area contributed by atoms with Crippen LogP contribution in [0.3, 0.4) is 0 Å². The summed E-state index contributed by atoms with van der Waals surface area (Å²) in [6.45, 7) is 4.85. The van der Waals surface area contributed by atoms with Crippen molar-refractivity contribution in [3.63, 3.8) is 0 Å². The number of nitrogens with two attached hydrogens (primary N) is 1. The van der Waals surface area contributed by atoms with E-state index in [0.29, 0.717) is 25.2 Å². The zero-order chi connectivity index (χ0) is 24.3. The lowest BCUT2D eigenvalue weighted by atomic mass is 9.56. The molecule has 1 amide bonds. The van der Waals surface area contributed by atoms with E-state index in [2.05, 4.69) is 19.9 Å². The molecule has 2 heterocycles. The number of amides is 1. The number of alkyl halides is 1. The van der Waals surface area contributed by atoms with Gasteiger partial charge in [0.15, 0.2) is 11.5 Å². The van der Waals surface area contributed by atoms with Gasteiger partial charge in [0.2, 0.25) is 0 Å². The summed E-state index contributed by atoms with van der Waals surface area (Å²) in [5.41, 5.74) is 5.34. The number of benzene rings is 1. The molecule has 182 valence electrons. The number of hydrogen-bond acceptors (Lipinski definition) is 6. The van der Waals surface area contributed by atoms with Crippen molar-refractivity contribution in [2.75, 3.05) is 26.9 Å². The Labute approximate surface area is 200 Å². The van der Waals surface area contributed by atoms with Crippen molar-refractivity contribution < 1.29 is 18.7 Å². The molecule has 1 aromatic carbocycles. The molecular formula is C26H33FN4O3. The van der Waals surface area contributed by atoms with Crippen molar-refractivity contribution in [3.8, 4) is 6.07 Å². The van der Waals surface area contributed by atoms with Gasteiger partial charge in [-0.1, -0.05) is 19.9 Å². The maximum Gasteiger partial charge on any atom is 0.262 e. The molecule has 1 saturated heterocycles. The zero-order valence-corrected chi connectivity index (χ0v) is 20.1. The first kappa shape index (κ1) is 23.3. The normalized spacial score (nSPS) is 36.6. The average Bonchev–Trinajstić information content (AvgIpc) is 3.19. The van der Waals surface area contributed by atoms with Crippen LogP contribution in [0, 0.1) is 28.6 Å². The molecule has 0 radical (unpaired) electrons. The van der Waals surface area contributed by atoms with Gasteiger partial charge < -0.3 is 15.2 Å². The van der Waals surface area contributed by atoms with E-state index in [-0.39, 0.29) is 49.2 Å². The van der Waals surface area contributed by atoms with Crippen molar-refractivity contribution in [1.29, 1.82) is 5.26 Å². The Kier molecular flexibility index (Phi) is 5.49. The molecule has 2 aliphatic carbocycles. The van der Waals surface area contributed by atoms with Crippen LogP contribution in [0.25, 0.3) is 0 Å². The number of fused-ring (bicyclic) bond motifs is 3. The Morgan fingerprint density at radius 3 is 2.59 bits per heavy atom. The number of guanidine groups is 1. The molecule has 4 aliphatic rings. The van der Waals surface area contributed by atoms with Crippen LogP contribution in [0.2, 0.25) is 0 Å². The Bertz CT molecular complexity index is 1060. The summed E-state index contributed by atoms with van der Waals surface area (Å²) in [5.74, 6) is 0.211. The average molecular weight is 469 g/mol. The third-order valence-electron chi connectivity index (χ3n) is 8.69. The molecule has 1 aromatic rings. The summed E-state index contributed by atoms with van der Waals surface area (Å²) in [7, 11) is 1.74. The zero-order valence-electron chi connectivity index (χ0n) is 20.1. The minimum atomic E-state index is -1.56. The first-order valence-electron chi connectivity index (χ1n) is 12.2. The van der Waals surface area contributed by atoms with Gasteiger partial charge in [-0.3, -0.25) is 9.69 Å². The van der Waals surface area contributed by atoms with Crippen LogP contribution < -0.4 is 5.73 Å². The van der Waals surface area contributed by atoms with Gasteiger partial charge in [0.25, 0.3) is 5.91 Å². The molecule has 2 fully saturated rings. The summed E-state index contributed by atoms with van der Waals surface area (Å²) in [4.78, 5) is 20.7. The first-order chi connectivity index (χ1) is 16.2. The van der Waals surface area contributed by atoms with Gasteiger partial charge in [-0.05, 0) is 54.4 Å². The molecule has 34 heavy (non-hydrogen) atoms. The number of nitriles is 1. The fourth-order valence-corrected chi connectivity index (χ4v) is 7.36. The third kappa shape index (κ3) is 3.20. The van der Waals surface area contributed by atoms with Gasteiger partial charge in [-0.2, -0.15) is 5.26 Å². The van der Waals surface area contributed by atoms with E-state index in [0.717, 1.165) is 24.0 Å². The number of halogens is 1. The highest BCUT2D eigenvalue weighted by Crippen LogP contribution is 2.63. The highest BCUT2D eigenvalue weighted by Gasteiger charge is 2.68. The fraction of sp³-hybridized carbons (Fsp3) is 0.654.